The number of aryl methyl sites for hydroxylation is 1. The number of ether oxygens (including phenoxy) is 1. The van der Waals surface area contributed by atoms with E-state index in [0.29, 0.717) is 18.7 Å². The van der Waals surface area contributed by atoms with Crippen molar-refractivity contribution in [2.75, 3.05) is 46.9 Å². The van der Waals surface area contributed by atoms with Gasteiger partial charge in [0.05, 0.1) is 13.5 Å². The third-order valence-corrected chi connectivity index (χ3v) is 6.88. The monoisotopic (exact) mass is 580 g/mol. The van der Waals surface area contributed by atoms with Gasteiger partial charge in [-0.3, -0.25) is 15.1 Å². The number of benzene rings is 2. The van der Waals surface area contributed by atoms with E-state index >= 15 is 0 Å². The van der Waals surface area contributed by atoms with Crippen LogP contribution in [0.5, 0.6) is 5.75 Å². The molecule has 0 bridgehead atoms. The van der Waals surface area contributed by atoms with Crippen molar-refractivity contribution in [2.24, 2.45) is 0 Å². The van der Waals surface area contributed by atoms with Crippen LogP contribution < -0.4 is 10.2 Å². The molecule has 0 unspecified atom stereocenters. The van der Waals surface area contributed by atoms with E-state index in [1.165, 1.54) is 26.7 Å². The molecule has 0 radical (unpaired) electrons. The molecule has 2 aromatic carbocycles. The van der Waals surface area contributed by atoms with Gasteiger partial charge in [-0.2, -0.15) is 17.6 Å². The second-order valence-electron chi connectivity index (χ2n) is 9.92. The number of carbonyl (C=O) groups is 1. The number of carbonyl (C=O) groups excluding carboxylic acids is 1. The van der Waals surface area contributed by atoms with Gasteiger partial charge in [-0.15, -0.1) is 0 Å². The molecule has 6 nitrogen and oxygen atoms in total. The molecule has 3 rings (SSSR count). The van der Waals surface area contributed by atoms with Gasteiger partial charge < -0.3 is 9.64 Å². The minimum Gasteiger partial charge on any atom is -0.496 e. The lowest BCUT2D eigenvalue weighted by Crippen LogP contribution is -2.46. The Morgan fingerprint density at radius 2 is 1.75 bits per heavy atom. The van der Waals surface area contributed by atoms with Crippen molar-refractivity contribution < 1.29 is 22.7 Å². The average molecular weight is 581 g/mol. The Kier molecular flexibility index (Phi) is 14.0. The second kappa shape index (κ2) is 16.7. The van der Waals surface area contributed by atoms with Crippen LogP contribution in [0, 0.1) is 13.8 Å². The Hall–Kier alpha value is -2.53. The highest BCUT2D eigenvalue weighted by atomic mass is 32.1. The first-order valence-electron chi connectivity index (χ1n) is 13.6. The van der Waals surface area contributed by atoms with E-state index in [2.05, 4.69) is 62.1 Å². The molecule has 10 heteroatoms. The van der Waals surface area contributed by atoms with Crippen LogP contribution in [0.3, 0.4) is 0 Å². The van der Waals surface area contributed by atoms with Gasteiger partial charge in [0, 0.05) is 57.4 Å². The summed E-state index contributed by atoms with van der Waals surface area (Å²) in [6.45, 7) is 10.1. The van der Waals surface area contributed by atoms with Gasteiger partial charge in [-0.25, -0.2) is 0 Å². The van der Waals surface area contributed by atoms with Crippen molar-refractivity contribution in [1.82, 2.24) is 19.6 Å². The van der Waals surface area contributed by atoms with Gasteiger partial charge in [0.1, 0.15) is 5.75 Å². The second-order valence-corrected chi connectivity index (χ2v) is 10.5. The van der Waals surface area contributed by atoms with Gasteiger partial charge in [-0.05, 0) is 55.2 Å². The zero-order valence-corrected chi connectivity index (χ0v) is 25.1. The smallest absolute Gasteiger partial charge is 0.390 e. The van der Waals surface area contributed by atoms with E-state index in [1.807, 2.05) is 23.1 Å². The number of thiol groups is 1. The van der Waals surface area contributed by atoms with Gasteiger partial charge >= 0.3 is 6.18 Å². The minimum atomic E-state index is -4.08. The van der Waals surface area contributed by atoms with Crippen LogP contribution in [0.1, 0.15) is 58.8 Å². The van der Waals surface area contributed by atoms with Crippen molar-refractivity contribution in [1.29, 1.82) is 0 Å². The third-order valence-electron chi connectivity index (χ3n) is 6.78. The summed E-state index contributed by atoms with van der Waals surface area (Å²) in [7, 11) is 3.34. The minimum absolute atomic E-state index is 0.0926. The number of hydrogen-bond acceptors (Lipinski definition) is 6. The molecule has 1 heterocycles. The highest BCUT2D eigenvalue weighted by Crippen LogP contribution is 2.31. The Balaban J connectivity index is 0.000000389. The summed E-state index contributed by atoms with van der Waals surface area (Å²) in [6.07, 6.45) is 1.73. The molecule has 0 aromatic heterocycles. The summed E-state index contributed by atoms with van der Waals surface area (Å²) >= 11 is 3.89. The fourth-order valence-electron chi connectivity index (χ4n) is 4.38. The highest BCUT2D eigenvalue weighted by Gasteiger charge is 2.29. The van der Waals surface area contributed by atoms with Crippen LogP contribution in [0.15, 0.2) is 42.5 Å². The standard InChI is InChI=1S/C22H33F3N2O.C8H10N2OS/c1-5-6-7-8-19-18(3)17(2)15-21(28-4)20(19)16-27-13-11-26(12-14-27)10-9-22(23,24)25;1-10(12)9-8(11)7-5-3-2-4-6-7/h7-8,15H,5-6,9-14,16H2,1-4H3;2-6,12H,1H3,(H,9,11)/b8-7-;. The number of methoxy groups -OCH3 is 1. The van der Waals surface area contributed by atoms with Crippen LogP contribution in [0.25, 0.3) is 6.08 Å². The Morgan fingerprint density at radius 1 is 1.12 bits per heavy atom. The van der Waals surface area contributed by atoms with Crippen molar-refractivity contribution in [3.05, 3.63) is 70.3 Å². The molecule has 1 N–H and O–H groups in total. The Bertz CT molecular complexity index is 1090. The lowest BCUT2D eigenvalue weighted by atomic mass is 9.95. The maximum atomic E-state index is 12.4. The molecule has 0 atom stereocenters. The quantitative estimate of drug-likeness (QED) is 0.255. The molecule has 40 heavy (non-hydrogen) atoms. The van der Waals surface area contributed by atoms with Crippen molar-refractivity contribution >= 4 is 24.8 Å². The Labute approximate surface area is 242 Å². The molecule has 1 amide bonds. The molecule has 1 aliphatic rings. The maximum Gasteiger partial charge on any atom is 0.390 e. The summed E-state index contributed by atoms with van der Waals surface area (Å²) in [5.41, 5.74) is 7.98. The fraction of sp³-hybridized carbons (Fsp3) is 0.500. The SMILES string of the molecule is CCC/C=C\c1c(C)c(C)cc(OC)c1CN1CCN(CCC(F)(F)F)CC1.CN(S)NC(=O)c1ccccc1. The van der Waals surface area contributed by atoms with Crippen LogP contribution in [-0.2, 0) is 6.54 Å². The fourth-order valence-corrected chi connectivity index (χ4v) is 4.47. The topological polar surface area (TPSA) is 48.1 Å². The van der Waals surface area contributed by atoms with E-state index in [1.54, 1.807) is 26.3 Å². The number of piperazine rings is 1. The zero-order valence-electron chi connectivity index (χ0n) is 24.2. The molecule has 1 fully saturated rings. The van der Waals surface area contributed by atoms with Crippen LogP contribution in [0.2, 0.25) is 0 Å². The average Bonchev–Trinajstić information content (AvgIpc) is 2.92. The van der Waals surface area contributed by atoms with Gasteiger partial charge in [0.15, 0.2) is 0 Å². The maximum absolute atomic E-state index is 12.4. The number of amides is 1. The molecule has 222 valence electrons. The number of nitrogens with one attached hydrogen (secondary N) is 1. The van der Waals surface area contributed by atoms with E-state index in [-0.39, 0.29) is 12.5 Å². The number of nitrogens with zero attached hydrogens (tertiary/aromatic N) is 3. The largest absolute Gasteiger partial charge is 0.496 e. The molecule has 0 saturated carbocycles. The molecular weight excluding hydrogens is 537 g/mol. The highest BCUT2D eigenvalue weighted by molar-refractivity contribution is 7.77. The number of alkyl halides is 3. The first-order chi connectivity index (χ1) is 18.9. The lowest BCUT2D eigenvalue weighted by Gasteiger charge is -2.35. The summed E-state index contributed by atoms with van der Waals surface area (Å²) < 4.78 is 44.3. The van der Waals surface area contributed by atoms with Gasteiger partial charge in [-0.1, -0.05) is 56.5 Å². The number of halogens is 3. The summed E-state index contributed by atoms with van der Waals surface area (Å²) in [5, 5.41) is 0. The summed E-state index contributed by atoms with van der Waals surface area (Å²) in [5.74, 6) is 0.729. The number of unbranched alkanes of at least 4 members (excludes halogenated alkanes) is 1. The zero-order chi connectivity index (χ0) is 29.7. The molecule has 1 aliphatic heterocycles. The van der Waals surface area contributed by atoms with Crippen LogP contribution in [-0.4, -0.2) is 73.2 Å². The third kappa shape index (κ3) is 11.5. The number of rotatable bonds is 10. The number of hydrazine groups is 1. The van der Waals surface area contributed by atoms with E-state index in [0.717, 1.165) is 38.2 Å². The predicted octanol–water partition coefficient (Wildman–Crippen LogP) is 6.30. The number of allylic oxidation sites excluding steroid dienone is 1. The van der Waals surface area contributed by atoms with Crippen molar-refractivity contribution in [3.63, 3.8) is 0 Å². The van der Waals surface area contributed by atoms with Crippen LogP contribution in [0.4, 0.5) is 13.2 Å². The normalized spacial score (nSPS) is 14.8. The van der Waals surface area contributed by atoms with Crippen LogP contribution >= 0.6 is 12.8 Å². The molecule has 0 aliphatic carbocycles. The Morgan fingerprint density at radius 3 is 2.30 bits per heavy atom. The van der Waals surface area contributed by atoms with E-state index in [9.17, 15) is 18.0 Å². The van der Waals surface area contributed by atoms with E-state index < -0.39 is 12.6 Å². The first-order valence-corrected chi connectivity index (χ1v) is 14.0. The van der Waals surface area contributed by atoms with Gasteiger partial charge in [0.2, 0.25) is 0 Å². The predicted molar refractivity (Wildman–Crippen MR) is 159 cm³/mol. The molecule has 0 spiro atoms. The summed E-state index contributed by atoms with van der Waals surface area (Å²) in [6, 6.07) is 11.1. The van der Waals surface area contributed by atoms with Gasteiger partial charge in [0.25, 0.3) is 5.91 Å². The van der Waals surface area contributed by atoms with E-state index in [4.69, 9.17) is 4.74 Å². The lowest BCUT2D eigenvalue weighted by molar-refractivity contribution is -0.138. The van der Waals surface area contributed by atoms with Crippen molar-refractivity contribution in [3.8, 4) is 5.75 Å². The molecule has 1 saturated heterocycles. The molecular formula is C30H43F3N4O2S. The molecule has 2 aromatic rings. The number of hydrogen-bond donors (Lipinski definition) is 2. The first kappa shape index (κ1) is 33.7. The summed E-state index contributed by atoms with van der Waals surface area (Å²) in [4.78, 5) is 15.5. The van der Waals surface area contributed by atoms with Crippen molar-refractivity contribution in [2.45, 2.75) is 52.8 Å².